The number of allylic oxidation sites excluding steroid dienone is 2. The number of ether oxygens (including phenoxy) is 1. The van der Waals surface area contributed by atoms with Crippen molar-refractivity contribution in [2.45, 2.75) is 13.3 Å². The first-order valence-corrected chi connectivity index (χ1v) is 11.6. The molecule has 1 heterocycles. The largest absolute Gasteiger partial charge is 0.452 e. The van der Waals surface area contributed by atoms with Crippen LogP contribution >= 0.6 is 23.2 Å². The highest BCUT2D eigenvalue weighted by atomic mass is 35.5. The standard InChI is InChI=1S/C25H20Cl2N2O5/c1-12-7-14-9-17(12)22-21(14)23(31)29(24(22)32)16-4-2-3-13(8-16)25(33)34-11-20(30)28-19-6-5-15(26)10-18(19)27/h2-8,10,14,17,21-22H,9,11H2,1H3,(H,28,30)/t14-,17+,21-,22+/m0/s1. The zero-order valence-electron chi connectivity index (χ0n) is 18.1. The van der Waals surface area contributed by atoms with Gasteiger partial charge in [-0.15, -0.1) is 0 Å². The molecule has 0 spiro atoms. The van der Waals surface area contributed by atoms with Gasteiger partial charge in [0.25, 0.3) is 5.91 Å². The zero-order chi connectivity index (χ0) is 24.1. The van der Waals surface area contributed by atoms with Crippen molar-refractivity contribution >= 4 is 58.3 Å². The molecule has 0 radical (unpaired) electrons. The molecule has 2 aromatic carbocycles. The van der Waals surface area contributed by atoms with Crippen LogP contribution in [0.25, 0.3) is 0 Å². The minimum atomic E-state index is -0.754. The first-order chi connectivity index (χ1) is 16.2. The van der Waals surface area contributed by atoms with E-state index in [-0.39, 0.29) is 46.1 Å². The lowest BCUT2D eigenvalue weighted by Crippen LogP contribution is -2.33. The van der Waals surface area contributed by atoms with Crippen molar-refractivity contribution in [1.29, 1.82) is 0 Å². The highest BCUT2D eigenvalue weighted by Gasteiger charge is 2.60. The molecule has 34 heavy (non-hydrogen) atoms. The van der Waals surface area contributed by atoms with Crippen molar-refractivity contribution < 1.29 is 23.9 Å². The van der Waals surface area contributed by atoms with E-state index in [4.69, 9.17) is 27.9 Å². The molecule has 1 saturated carbocycles. The SMILES string of the molecule is CC1=C[C@H]2C[C@H]1[C@H]1C(=O)N(c3cccc(C(=O)OCC(=O)Nc4ccc(Cl)cc4Cl)c3)C(=O)[C@H]12. The summed E-state index contributed by atoms with van der Waals surface area (Å²) in [6, 6.07) is 10.7. The van der Waals surface area contributed by atoms with E-state index in [1.54, 1.807) is 18.2 Å². The van der Waals surface area contributed by atoms with E-state index in [9.17, 15) is 19.2 Å². The van der Waals surface area contributed by atoms with Gasteiger partial charge in [0, 0.05) is 5.02 Å². The molecule has 174 valence electrons. The minimum Gasteiger partial charge on any atom is -0.452 e. The number of nitrogens with one attached hydrogen (secondary N) is 1. The highest BCUT2D eigenvalue weighted by Crippen LogP contribution is 2.55. The Labute approximate surface area is 205 Å². The summed E-state index contributed by atoms with van der Waals surface area (Å²) in [5.74, 6) is -2.24. The number of hydrogen-bond acceptors (Lipinski definition) is 5. The molecule has 1 saturated heterocycles. The summed E-state index contributed by atoms with van der Waals surface area (Å²) >= 11 is 11.9. The average Bonchev–Trinajstić information content (AvgIpc) is 3.44. The molecule has 0 aromatic heterocycles. The Bertz CT molecular complexity index is 1270. The summed E-state index contributed by atoms with van der Waals surface area (Å²) in [6.07, 6.45) is 2.96. The molecular weight excluding hydrogens is 479 g/mol. The monoisotopic (exact) mass is 498 g/mol. The Morgan fingerprint density at radius 1 is 1.09 bits per heavy atom. The molecule has 2 bridgehead atoms. The highest BCUT2D eigenvalue weighted by molar-refractivity contribution is 6.36. The van der Waals surface area contributed by atoms with E-state index < -0.39 is 18.5 Å². The molecular formula is C25H20Cl2N2O5. The number of imide groups is 1. The van der Waals surface area contributed by atoms with Crippen LogP contribution in [0.5, 0.6) is 0 Å². The van der Waals surface area contributed by atoms with Crippen molar-refractivity contribution in [2.75, 3.05) is 16.8 Å². The third-order valence-corrected chi connectivity index (χ3v) is 7.31. The lowest BCUT2D eigenvalue weighted by molar-refractivity contribution is -0.123. The Hall–Kier alpha value is -3.16. The van der Waals surface area contributed by atoms with Gasteiger partial charge in [-0.25, -0.2) is 9.69 Å². The normalized spacial score (nSPS) is 24.8. The maximum Gasteiger partial charge on any atom is 0.338 e. The Morgan fingerprint density at radius 3 is 2.62 bits per heavy atom. The van der Waals surface area contributed by atoms with Gasteiger partial charge in [0.05, 0.1) is 33.8 Å². The number of rotatable bonds is 5. The molecule has 7 nitrogen and oxygen atoms in total. The Morgan fingerprint density at radius 2 is 1.85 bits per heavy atom. The number of carbonyl (C=O) groups excluding carboxylic acids is 4. The zero-order valence-corrected chi connectivity index (χ0v) is 19.6. The van der Waals surface area contributed by atoms with Gasteiger partial charge < -0.3 is 10.1 Å². The fourth-order valence-electron chi connectivity index (χ4n) is 5.29. The molecule has 2 aliphatic carbocycles. The van der Waals surface area contributed by atoms with Crippen LogP contribution in [0.1, 0.15) is 23.7 Å². The first-order valence-electron chi connectivity index (χ1n) is 10.8. The van der Waals surface area contributed by atoms with Gasteiger partial charge in [0.1, 0.15) is 0 Å². The van der Waals surface area contributed by atoms with Crippen LogP contribution in [-0.4, -0.2) is 30.3 Å². The number of esters is 1. The molecule has 3 amide bonds. The van der Waals surface area contributed by atoms with E-state index in [0.717, 1.165) is 6.42 Å². The molecule has 1 N–H and O–H groups in total. The number of hydrogen-bond donors (Lipinski definition) is 1. The van der Waals surface area contributed by atoms with Crippen molar-refractivity contribution in [3.63, 3.8) is 0 Å². The number of halogens is 2. The number of amides is 3. The van der Waals surface area contributed by atoms with E-state index in [2.05, 4.69) is 11.4 Å². The van der Waals surface area contributed by atoms with E-state index in [1.165, 1.54) is 34.7 Å². The molecule has 2 aromatic rings. The molecule has 2 fully saturated rings. The van der Waals surface area contributed by atoms with Gasteiger partial charge in [0.2, 0.25) is 11.8 Å². The Balaban J connectivity index is 1.25. The molecule has 1 aliphatic heterocycles. The van der Waals surface area contributed by atoms with Gasteiger partial charge in [-0.2, -0.15) is 0 Å². The second-order valence-corrected chi connectivity index (χ2v) is 9.62. The van der Waals surface area contributed by atoms with E-state index >= 15 is 0 Å². The first kappa shape index (κ1) is 22.6. The summed E-state index contributed by atoms with van der Waals surface area (Å²) in [7, 11) is 0. The molecule has 0 unspecified atom stereocenters. The summed E-state index contributed by atoms with van der Waals surface area (Å²) in [5.41, 5.74) is 1.97. The van der Waals surface area contributed by atoms with Gasteiger partial charge in [-0.05, 0) is 61.6 Å². The van der Waals surface area contributed by atoms with Crippen LogP contribution in [0.3, 0.4) is 0 Å². The van der Waals surface area contributed by atoms with Crippen LogP contribution in [0.15, 0.2) is 54.1 Å². The predicted molar refractivity (Wildman–Crippen MR) is 127 cm³/mol. The third kappa shape index (κ3) is 3.79. The van der Waals surface area contributed by atoms with Gasteiger partial charge in [-0.1, -0.05) is 40.9 Å². The van der Waals surface area contributed by atoms with Crippen molar-refractivity contribution in [1.82, 2.24) is 0 Å². The lowest BCUT2D eigenvalue weighted by Gasteiger charge is -2.19. The topological polar surface area (TPSA) is 92.8 Å². The summed E-state index contributed by atoms with van der Waals surface area (Å²) < 4.78 is 5.11. The van der Waals surface area contributed by atoms with Crippen LogP contribution in [0.4, 0.5) is 11.4 Å². The summed E-state index contributed by atoms with van der Waals surface area (Å²) in [5, 5.41) is 3.22. The minimum absolute atomic E-state index is 0.0947. The van der Waals surface area contributed by atoms with Gasteiger partial charge >= 0.3 is 5.97 Å². The van der Waals surface area contributed by atoms with Gasteiger partial charge in [-0.3, -0.25) is 14.4 Å². The molecule has 4 atom stereocenters. The quantitative estimate of drug-likeness (QED) is 0.372. The number of fused-ring (bicyclic) bond motifs is 5. The van der Waals surface area contributed by atoms with Crippen LogP contribution in [0, 0.1) is 23.7 Å². The van der Waals surface area contributed by atoms with Crippen LogP contribution in [-0.2, 0) is 19.1 Å². The number of nitrogens with zero attached hydrogens (tertiary/aromatic N) is 1. The third-order valence-electron chi connectivity index (χ3n) is 6.76. The van der Waals surface area contributed by atoms with Crippen molar-refractivity contribution in [3.05, 3.63) is 69.7 Å². The number of carbonyl (C=O) groups is 4. The van der Waals surface area contributed by atoms with Crippen LogP contribution in [0.2, 0.25) is 10.0 Å². The van der Waals surface area contributed by atoms with Crippen molar-refractivity contribution in [2.24, 2.45) is 23.7 Å². The van der Waals surface area contributed by atoms with E-state index in [1.807, 2.05) is 6.92 Å². The second-order valence-electron chi connectivity index (χ2n) is 8.78. The number of anilines is 2. The fraction of sp³-hybridized carbons (Fsp3) is 0.280. The second kappa shape index (κ2) is 8.56. The predicted octanol–water partition coefficient (Wildman–Crippen LogP) is 4.49. The average molecular weight is 499 g/mol. The molecule has 3 aliphatic rings. The fourth-order valence-corrected chi connectivity index (χ4v) is 5.75. The Kier molecular flexibility index (Phi) is 5.70. The summed E-state index contributed by atoms with van der Waals surface area (Å²) in [6.45, 7) is 1.47. The lowest BCUT2D eigenvalue weighted by atomic mass is 9.82. The molecule has 9 heteroatoms. The van der Waals surface area contributed by atoms with E-state index in [0.29, 0.717) is 16.4 Å². The molecule has 5 rings (SSSR count). The van der Waals surface area contributed by atoms with Gasteiger partial charge in [0.15, 0.2) is 6.61 Å². The maximum atomic E-state index is 13.1. The smallest absolute Gasteiger partial charge is 0.338 e. The summed E-state index contributed by atoms with van der Waals surface area (Å²) in [4.78, 5) is 52.2. The van der Waals surface area contributed by atoms with Crippen LogP contribution < -0.4 is 10.2 Å². The maximum absolute atomic E-state index is 13.1. The number of benzene rings is 2. The van der Waals surface area contributed by atoms with Crippen molar-refractivity contribution in [3.8, 4) is 0 Å².